The lowest BCUT2D eigenvalue weighted by atomic mass is 9.98. The number of fused-ring (bicyclic) bond motifs is 10. The summed E-state index contributed by atoms with van der Waals surface area (Å²) >= 11 is 1.83. The average molecular weight is 618 g/mol. The molecule has 0 amide bonds. The highest BCUT2D eigenvalue weighted by Gasteiger charge is 2.22. The first kappa shape index (κ1) is 26.3. The molecule has 10 rings (SSSR count). The molecule has 2 nitrogen and oxygen atoms in total. The molecule has 0 saturated heterocycles. The Hall–Kier alpha value is -5.90. The van der Waals surface area contributed by atoms with E-state index in [9.17, 15) is 0 Å². The van der Waals surface area contributed by atoms with E-state index in [2.05, 4.69) is 169 Å². The van der Waals surface area contributed by atoms with E-state index in [1.54, 1.807) is 0 Å². The van der Waals surface area contributed by atoms with Gasteiger partial charge >= 0.3 is 0 Å². The first-order valence-electron chi connectivity index (χ1n) is 15.9. The van der Waals surface area contributed by atoms with E-state index in [1.807, 2.05) is 11.3 Å². The number of furan rings is 1. The van der Waals surface area contributed by atoms with Crippen molar-refractivity contribution in [3.63, 3.8) is 0 Å². The van der Waals surface area contributed by atoms with E-state index < -0.39 is 0 Å². The number of benzene rings is 8. The largest absolute Gasteiger partial charge is 0.455 e. The zero-order valence-electron chi connectivity index (χ0n) is 25.4. The molecule has 2 heterocycles. The maximum absolute atomic E-state index is 6.88. The zero-order chi connectivity index (χ0) is 30.9. The van der Waals surface area contributed by atoms with E-state index in [4.69, 9.17) is 4.42 Å². The van der Waals surface area contributed by atoms with Gasteiger partial charge < -0.3 is 9.32 Å². The first-order valence-corrected chi connectivity index (χ1v) is 16.7. The van der Waals surface area contributed by atoms with Crippen LogP contribution in [-0.4, -0.2) is 0 Å². The number of thiophene rings is 1. The summed E-state index contributed by atoms with van der Waals surface area (Å²) in [5.74, 6) is 0. The zero-order valence-corrected chi connectivity index (χ0v) is 26.2. The summed E-state index contributed by atoms with van der Waals surface area (Å²) in [5, 5.41) is 9.54. The van der Waals surface area contributed by atoms with Crippen molar-refractivity contribution in [3.8, 4) is 11.1 Å². The second-order valence-electron chi connectivity index (χ2n) is 12.1. The van der Waals surface area contributed by atoms with Gasteiger partial charge in [-0.25, -0.2) is 0 Å². The molecule has 0 N–H and O–H groups in total. The van der Waals surface area contributed by atoms with Gasteiger partial charge in [0, 0.05) is 47.7 Å². The Labute approximate surface area is 275 Å². The van der Waals surface area contributed by atoms with Crippen LogP contribution in [0.1, 0.15) is 0 Å². The highest BCUT2D eigenvalue weighted by Crippen LogP contribution is 2.48. The molecule has 2 aromatic heterocycles. The lowest BCUT2D eigenvalue weighted by molar-refractivity contribution is 0.677. The molecule has 0 aliphatic rings. The lowest BCUT2D eigenvalue weighted by Crippen LogP contribution is -2.10. The van der Waals surface area contributed by atoms with Crippen molar-refractivity contribution >= 4 is 92.1 Å². The van der Waals surface area contributed by atoms with Gasteiger partial charge in [-0.15, -0.1) is 11.3 Å². The summed E-state index contributed by atoms with van der Waals surface area (Å²) in [6, 6.07) is 58.9. The predicted octanol–water partition coefficient (Wildman–Crippen LogP) is 13.4. The topological polar surface area (TPSA) is 16.4 Å². The van der Waals surface area contributed by atoms with Gasteiger partial charge in [-0.3, -0.25) is 0 Å². The predicted molar refractivity (Wildman–Crippen MR) is 202 cm³/mol. The van der Waals surface area contributed by atoms with E-state index in [0.717, 1.165) is 44.4 Å². The molecule has 0 unspecified atom stereocenters. The molecule has 0 bridgehead atoms. The normalized spacial score (nSPS) is 11.8. The second-order valence-corrected chi connectivity index (χ2v) is 13.2. The van der Waals surface area contributed by atoms with Gasteiger partial charge in [0.15, 0.2) is 0 Å². The Morgan fingerprint density at radius 1 is 0.404 bits per heavy atom. The Bertz CT molecular complexity index is 2790. The third-order valence-corrected chi connectivity index (χ3v) is 10.6. The standard InChI is InChI=1S/C44H27NOS/c1-2-13-31(14-3-1)45(32-23-20-30(21-24-32)34-17-8-12-28-10-4-6-15-33(28)34)38-18-9-19-39-41(38)42-40(47-39)27-26-37-36-25-22-29-11-5-7-16-35(29)43(36)46-44(37)42/h1-27H. The van der Waals surface area contributed by atoms with Gasteiger partial charge in [-0.1, -0.05) is 109 Å². The van der Waals surface area contributed by atoms with Crippen LogP contribution in [0.2, 0.25) is 0 Å². The maximum Gasteiger partial charge on any atom is 0.144 e. The van der Waals surface area contributed by atoms with E-state index in [-0.39, 0.29) is 0 Å². The number of rotatable bonds is 4. The molecule has 0 saturated carbocycles. The number of hydrogen-bond acceptors (Lipinski definition) is 3. The van der Waals surface area contributed by atoms with Gasteiger partial charge in [0.2, 0.25) is 0 Å². The van der Waals surface area contributed by atoms with Crippen LogP contribution >= 0.6 is 11.3 Å². The molecule has 0 aliphatic heterocycles. The van der Waals surface area contributed by atoms with Crippen molar-refractivity contribution in [3.05, 3.63) is 164 Å². The molecule has 47 heavy (non-hydrogen) atoms. The third-order valence-electron chi connectivity index (χ3n) is 9.45. The molecule has 8 aromatic carbocycles. The molecule has 0 spiro atoms. The van der Waals surface area contributed by atoms with Crippen LogP contribution in [0, 0.1) is 0 Å². The van der Waals surface area contributed by atoms with Crippen LogP contribution in [0.25, 0.3) is 74.8 Å². The van der Waals surface area contributed by atoms with Crippen molar-refractivity contribution in [2.75, 3.05) is 4.90 Å². The van der Waals surface area contributed by atoms with Gasteiger partial charge in [0.25, 0.3) is 0 Å². The number of nitrogens with zero attached hydrogens (tertiary/aromatic N) is 1. The number of hydrogen-bond donors (Lipinski definition) is 0. The fourth-order valence-electron chi connectivity index (χ4n) is 7.30. The fraction of sp³-hybridized carbons (Fsp3) is 0. The molecule has 0 radical (unpaired) electrons. The van der Waals surface area contributed by atoms with Gasteiger partial charge in [0.1, 0.15) is 11.2 Å². The fourth-order valence-corrected chi connectivity index (χ4v) is 8.43. The molecule has 3 heteroatoms. The first-order chi connectivity index (χ1) is 23.3. The molecular weight excluding hydrogens is 591 g/mol. The summed E-state index contributed by atoms with van der Waals surface area (Å²) in [4.78, 5) is 2.39. The van der Waals surface area contributed by atoms with Crippen LogP contribution < -0.4 is 4.90 Å². The quantitative estimate of drug-likeness (QED) is 0.195. The van der Waals surface area contributed by atoms with E-state index in [0.29, 0.717) is 0 Å². The third kappa shape index (κ3) is 4.04. The van der Waals surface area contributed by atoms with Crippen LogP contribution in [0.5, 0.6) is 0 Å². The van der Waals surface area contributed by atoms with Crippen LogP contribution in [0.4, 0.5) is 17.1 Å². The van der Waals surface area contributed by atoms with Gasteiger partial charge in [-0.2, -0.15) is 0 Å². The SMILES string of the molecule is c1ccc(N(c2ccc(-c3cccc4ccccc34)cc2)c2cccc3sc4ccc5c6ccc7ccccc7c6oc5c4c23)cc1. The maximum atomic E-state index is 6.88. The minimum atomic E-state index is 0.950. The Morgan fingerprint density at radius 3 is 1.89 bits per heavy atom. The Morgan fingerprint density at radius 2 is 1.04 bits per heavy atom. The minimum absolute atomic E-state index is 0.950. The molecule has 220 valence electrons. The van der Waals surface area contributed by atoms with E-state index in [1.165, 1.54) is 47.5 Å². The number of anilines is 3. The smallest absolute Gasteiger partial charge is 0.144 e. The highest BCUT2D eigenvalue weighted by atomic mass is 32.1. The highest BCUT2D eigenvalue weighted by molar-refractivity contribution is 7.26. The van der Waals surface area contributed by atoms with E-state index >= 15 is 0 Å². The molecular formula is C44H27NOS. The summed E-state index contributed by atoms with van der Waals surface area (Å²) in [7, 11) is 0. The molecule has 0 aliphatic carbocycles. The van der Waals surface area contributed by atoms with Gasteiger partial charge in [0.05, 0.1) is 5.69 Å². The molecule has 10 aromatic rings. The lowest BCUT2D eigenvalue weighted by Gasteiger charge is -2.26. The van der Waals surface area contributed by atoms with Crippen LogP contribution in [0.3, 0.4) is 0 Å². The Kier molecular flexibility index (Phi) is 5.78. The summed E-state index contributed by atoms with van der Waals surface area (Å²) in [6.45, 7) is 0. The monoisotopic (exact) mass is 617 g/mol. The molecule has 0 atom stereocenters. The van der Waals surface area contributed by atoms with Crippen LogP contribution in [0.15, 0.2) is 168 Å². The van der Waals surface area contributed by atoms with Crippen molar-refractivity contribution in [1.29, 1.82) is 0 Å². The number of para-hydroxylation sites is 1. The average Bonchev–Trinajstić information content (AvgIpc) is 3.71. The minimum Gasteiger partial charge on any atom is -0.455 e. The van der Waals surface area contributed by atoms with Crippen molar-refractivity contribution in [2.45, 2.75) is 0 Å². The van der Waals surface area contributed by atoms with Crippen molar-refractivity contribution < 1.29 is 4.42 Å². The Balaban J connectivity index is 1.22. The van der Waals surface area contributed by atoms with Gasteiger partial charge in [-0.05, 0) is 81.9 Å². The van der Waals surface area contributed by atoms with Crippen molar-refractivity contribution in [1.82, 2.24) is 0 Å². The second kappa shape index (κ2) is 10.3. The van der Waals surface area contributed by atoms with Crippen LogP contribution in [-0.2, 0) is 0 Å². The molecule has 0 fully saturated rings. The van der Waals surface area contributed by atoms with Crippen molar-refractivity contribution in [2.24, 2.45) is 0 Å². The summed E-state index contributed by atoms with van der Waals surface area (Å²) in [5.41, 5.74) is 7.70. The summed E-state index contributed by atoms with van der Waals surface area (Å²) in [6.07, 6.45) is 0. The summed E-state index contributed by atoms with van der Waals surface area (Å²) < 4.78 is 9.34.